The molecule has 0 aromatic heterocycles. The number of nitrogens with one attached hydrogen (secondary N) is 2. The molecule has 20 heavy (non-hydrogen) atoms. The predicted molar refractivity (Wildman–Crippen MR) is 82.0 cm³/mol. The molecule has 0 aliphatic rings. The predicted octanol–water partition coefficient (Wildman–Crippen LogP) is 1.88. The summed E-state index contributed by atoms with van der Waals surface area (Å²) in [7, 11) is 3.92. The van der Waals surface area contributed by atoms with Crippen LogP contribution in [0.3, 0.4) is 0 Å². The maximum Gasteiger partial charge on any atom is 0.315 e. The summed E-state index contributed by atoms with van der Waals surface area (Å²) in [5.74, 6) is 0. The highest BCUT2D eigenvalue weighted by atomic mass is 16.3. The summed E-state index contributed by atoms with van der Waals surface area (Å²) in [6.45, 7) is 5.90. The molecule has 2 amide bonds. The number of hydrogen-bond donors (Lipinski definition) is 3. The minimum Gasteiger partial charge on any atom is -0.387 e. The molecule has 0 spiro atoms. The normalized spacial score (nSPS) is 12.7. The van der Waals surface area contributed by atoms with Gasteiger partial charge in [-0.3, -0.25) is 0 Å². The molecule has 5 heteroatoms. The highest BCUT2D eigenvalue weighted by molar-refractivity contribution is 5.74. The lowest BCUT2D eigenvalue weighted by Crippen LogP contribution is -2.47. The van der Waals surface area contributed by atoms with Crippen LogP contribution in [0, 0.1) is 0 Å². The lowest BCUT2D eigenvalue weighted by atomic mass is 10.1. The van der Waals surface area contributed by atoms with E-state index in [2.05, 4.69) is 10.6 Å². The van der Waals surface area contributed by atoms with E-state index in [-0.39, 0.29) is 18.1 Å². The summed E-state index contributed by atoms with van der Waals surface area (Å²) in [4.78, 5) is 13.6. The van der Waals surface area contributed by atoms with Crippen LogP contribution in [0.1, 0.15) is 32.4 Å². The number of anilines is 1. The van der Waals surface area contributed by atoms with Gasteiger partial charge in [-0.15, -0.1) is 0 Å². The Bertz CT molecular complexity index is 435. The standard InChI is InChI=1S/C15H25N3O2/c1-15(2,3)17-14(20)16-10-13(19)11-6-8-12(9-7-11)18(4)5/h6-9,13,19H,10H2,1-5H3,(H2,16,17,20)/t13-/m1/s1. The molecule has 3 N–H and O–H groups in total. The molecule has 1 aromatic carbocycles. The monoisotopic (exact) mass is 279 g/mol. The fourth-order valence-electron chi connectivity index (χ4n) is 1.69. The summed E-state index contributed by atoms with van der Waals surface area (Å²) < 4.78 is 0. The molecule has 0 bridgehead atoms. The molecule has 0 radical (unpaired) electrons. The molecule has 112 valence electrons. The van der Waals surface area contributed by atoms with Crippen LogP contribution >= 0.6 is 0 Å². The minimum absolute atomic E-state index is 0.184. The summed E-state index contributed by atoms with van der Waals surface area (Å²) in [5.41, 5.74) is 1.56. The van der Waals surface area contributed by atoms with Crippen LogP contribution in [0.2, 0.25) is 0 Å². The van der Waals surface area contributed by atoms with Gasteiger partial charge in [0.05, 0.1) is 6.10 Å². The number of urea groups is 1. The van der Waals surface area contributed by atoms with Gasteiger partial charge in [-0.05, 0) is 38.5 Å². The number of rotatable bonds is 4. The number of hydrogen-bond acceptors (Lipinski definition) is 3. The Morgan fingerprint density at radius 3 is 2.25 bits per heavy atom. The Labute approximate surface area is 121 Å². The molecule has 5 nitrogen and oxygen atoms in total. The Morgan fingerprint density at radius 1 is 1.25 bits per heavy atom. The third kappa shape index (κ3) is 5.48. The lowest BCUT2D eigenvalue weighted by Gasteiger charge is -2.21. The summed E-state index contributed by atoms with van der Waals surface area (Å²) in [5, 5.41) is 15.5. The van der Waals surface area contributed by atoms with Crippen LogP contribution in [0.25, 0.3) is 0 Å². The Kier molecular flexibility index (Phi) is 5.39. The highest BCUT2D eigenvalue weighted by Crippen LogP contribution is 2.17. The Balaban J connectivity index is 2.50. The van der Waals surface area contributed by atoms with Gasteiger partial charge in [-0.1, -0.05) is 12.1 Å². The van der Waals surface area contributed by atoms with E-state index in [4.69, 9.17) is 0 Å². The van der Waals surface area contributed by atoms with E-state index >= 15 is 0 Å². The topological polar surface area (TPSA) is 64.6 Å². The van der Waals surface area contributed by atoms with Crippen molar-refractivity contribution in [1.82, 2.24) is 10.6 Å². The molecule has 0 heterocycles. The molecular weight excluding hydrogens is 254 g/mol. The molecule has 1 rings (SSSR count). The molecule has 0 unspecified atom stereocenters. The first kappa shape index (κ1) is 16.3. The van der Waals surface area contributed by atoms with Gasteiger partial charge < -0.3 is 20.6 Å². The number of amides is 2. The number of aliphatic hydroxyl groups is 1. The SMILES string of the molecule is CN(C)c1ccc([C@H](O)CNC(=O)NC(C)(C)C)cc1. The van der Waals surface area contributed by atoms with E-state index in [1.165, 1.54) is 0 Å². The first-order chi connectivity index (χ1) is 9.19. The van der Waals surface area contributed by atoms with Crippen molar-refractivity contribution in [2.45, 2.75) is 32.4 Å². The molecule has 0 saturated heterocycles. The van der Waals surface area contributed by atoms with E-state index in [1.54, 1.807) is 0 Å². The Morgan fingerprint density at radius 2 is 1.80 bits per heavy atom. The molecule has 1 aromatic rings. The Hall–Kier alpha value is -1.75. The maximum atomic E-state index is 11.6. The second kappa shape index (κ2) is 6.61. The summed E-state index contributed by atoms with van der Waals surface area (Å²) in [6, 6.07) is 7.33. The van der Waals surface area contributed by atoms with Crippen molar-refractivity contribution in [3.8, 4) is 0 Å². The van der Waals surface area contributed by atoms with Crippen molar-refractivity contribution in [2.75, 3.05) is 25.5 Å². The van der Waals surface area contributed by atoms with Crippen LogP contribution < -0.4 is 15.5 Å². The van der Waals surface area contributed by atoms with Gasteiger partial charge in [0.1, 0.15) is 0 Å². The molecular formula is C15H25N3O2. The second-order valence-electron chi connectivity index (χ2n) is 6.09. The smallest absolute Gasteiger partial charge is 0.315 e. The number of carbonyl (C=O) groups excluding carboxylic acids is 1. The first-order valence-corrected chi connectivity index (χ1v) is 6.70. The van der Waals surface area contributed by atoms with E-state index in [0.29, 0.717) is 0 Å². The van der Waals surface area contributed by atoms with Crippen LogP contribution in [0.5, 0.6) is 0 Å². The molecule has 1 atom stereocenters. The zero-order chi connectivity index (χ0) is 15.3. The van der Waals surface area contributed by atoms with Crippen molar-refractivity contribution in [2.24, 2.45) is 0 Å². The van der Waals surface area contributed by atoms with Crippen molar-refractivity contribution in [1.29, 1.82) is 0 Å². The third-order valence-electron chi connectivity index (χ3n) is 2.74. The van der Waals surface area contributed by atoms with Crippen molar-refractivity contribution >= 4 is 11.7 Å². The van der Waals surface area contributed by atoms with Gasteiger partial charge >= 0.3 is 6.03 Å². The molecule has 0 aliphatic carbocycles. The third-order valence-corrected chi connectivity index (χ3v) is 2.74. The van der Waals surface area contributed by atoms with Gasteiger partial charge in [-0.25, -0.2) is 4.79 Å². The van der Waals surface area contributed by atoms with Crippen LogP contribution in [0.15, 0.2) is 24.3 Å². The van der Waals surface area contributed by atoms with E-state index in [9.17, 15) is 9.90 Å². The largest absolute Gasteiger partial charge is 0.387 e. The number of nitrogens with zero attached hydrogens (tertiary/aromatic N) is 1. The zero-order valence-electron chi connectivity index (χ0n) is 12.9. The zero-order valence-corrected chi connectivity index (χ0v) is 12.9. The quantitative estimate of drug-likeness (QED) is 0.788. The maximum absolute atomic E-state index is 11.6. The average Bonchev–Trinajstić information content (AvgIpc) is 2.34. The number of benzene rings is 1. The van der Waals surface area contributed by atoms with Crippen LogP contribution in [0.4, 0.5) is 10.5 Å². The molecule has 0 fully saturated rings. The van der Waals surface area contributed by atoms with Crippen LogP contribution in [-0.2, 0) is 0 Å². The van der Waals surface area contributed by atoms with E-state index in [1.807, 2.05) is 64.0 Å². The van der Waals surface area contributed by atoms with E-state index < -0.39 is 6.10 Å². The van der Waals surface area contributed by atoms with Crippen molar-refractivity contribution in [3.05, 3.63) is 29.8 Å². The first-order valence-electron chi connectivity index (χ1n) is 6.70. The van der Waals surface area contributed by atoms with Crippen molar-refractivity contribution in [3.63, 3.8) is 0 Å². The summed E-state index contributed by atoms with van der Waals surface area (Å²) >= 11 is 0. The van der Waals surface area contributed by atoms with Crippen LogP contribution in [-0.4, -0.2) is 37.3 Å². The van der Waals surface area contributed by atoms with Gasteiger partial charge in [0.2, 0.25) is 0 Å². The van der Waals surface area contributed by atoms with Gasteiger partial charge in [0.15, 0.2) is 0 Å². The summed E-state index contributed by atoms with van der Waals surface area (Å²) in [6.07, 6.45) is -0.711. The minimum atomic E-state index is -0.711. The van der Waals surface area contributed by atoms with Gasteiger partial charge in [-0.2, -0.15) is 0 Å². The highest BCUT2D eigenvalue weighted by Gasteiger charge is 2.15. The van der Waals surface area contributed by atoms with Gasteiger partial charge in [0, 0.05) is 31.9 Å². The fourth-order valence-corrected chi connectivity index (χ4v) is 1.69. The number of carbonyl (C=O) groups is 1. The van der Waals surface area contributed by atoms with E-state index in [0.717, 1.165) is 11.3 Å². The molecule has 0 aliphatic heterocycles. The molecule has 0 saturated carbocycles. The average molecular weight is 279 g/mol. The van der Waals surface area contributed by atoms with Crippen molar-refractivity contribution < 1.29 is 9.90 Å². The van der Waals surface area contributed by atoms with Gasteiger partial charge in [0.25, 0.3) is 0 Å². The number of aliphatic hydroxyl groups excluding tert-OH is 1. The lowest BCUT2D eigenvalue weighted by molar-refractivity contribution is 0.171. The fraction of sp³-hybridized carbons (Fsp3) is 0.533. The second-order valence-corrected chi connectivity index (χ2v) is 6.09.